The monoisotopic (exact) mass is 416 g/mol. The Morgan fingerprint density at radius 1 is 1.21 bits per heavy atom. The van der Waals surface area contributed by atoms with Crippen LogP contribution in [-0.4, -0.2) is 39.3 Å². The van der Waals surface area contributed by atoms with Gasteiger partial charge in [-0.2, -0.15) is 0 Å². The van der Waals surface area contributed by atoms with Gasteiger partial charge in [-0.25, -0.2) is 0 Å². The molecule has 1 aromatic heterocycles. The quantitative estimate of drug-likeness (QED) is 0.693. The van der Waals surface area contributed by atoms with Crippen molar-refractivity contribution in [3.05, 3.63) is 29.6 Å². The smallest absolute Gasteiger partial charge is 0.231 e. The summed E-state index contributed by atoms with van der Waals surface area (Å²) in [6.45, 7) is 4.21. The number of amides is 1. The maximum atomic E-state index is 12.1. The highest BCUT2D eigenvalue weighted by molar-refractivity contribution is 7.99. The average Bonchev–Trinajstić information content (AvgIpc) is 3.33. The van der Waals surface area contributed by atoms with Gasteiger partial charge in [-0.05, 0) is 44.4 Å². The van der Waals surface area contributed by atoms with Crippen LogP contribution in [0, 0.1) is 0 Å². The minimum absolute atomic E-state index is 0.0283. The third-order valence-electron chi connectivity index (χ3n) is 5.26. The summed E-state index contributed by atoms with van der Waals surface area (Å²) in [5.74, 6) is 2.90. The molecule has 1 aromatic carbocycles. The van der Waals surface area contributed by atoms with Gasteiger partial charge in [0.05, 0.1) is 5.75 Å². The van der Waals surface area contributed by atoms with E-state index >= 15 is 0 Å². The van der Waals surface area contributed by atoms with Crippen molar-refractivity contribution in [1.82, 2.24) is 20.1 Å². The van der Waals surface area contributed by atoms with Gasteiger partial charge in [0.15, 0.2) is 16.7 Å². The van der Waals surface area contributed by atoms with E-state index in [-0.39, 0.29) is 18.7 Å². The molecule has 1 aliphatic heterocycles. The summed E-state index contributed by atoms with van der Waals surface area (Å²) in [4.78, 5) is 12.1. The average molecular weight is 417 g/mol. The van der Waals surface area contributed by atoms with Crippen LogP contribution in [0.25, 0.3) is 0 Å². The standard InChI is InChI=1S/C21H28N4O3S/c1-14(2)22-20(26)12-29-21-24-23-19(25(21)16-6-4-3-5-7-16)11-15-8-9-17-18(10-15)28-13-27-17/h8-10,14,16H,3-7,11-13H2,1-2H3,(H,22,26). The number of hydrogen-bond acceptors (Lipinski definition) is 6. The van der Waals surface area contributed by atoms with Crippen LogP contribution in [0.15, 0.2) is 23.4 Å². The summed E-state index contributed by atoms with van der Waals surface area (Å²) in [6.07, 6.45) is 6.69. The lowest BCUT2D eigenvalue weighted by atomic mass is 9.95. The number of fused-ring (bicyclic) bond motifs is 1. The first-order chi connectivity index (χ1) is 14.1. The normalized spacial score (nSPS) is 16.4. The number of ether oxygens (including phenoxy) is 2. The molecule has 0 spiro atoms. The predicted octanol–water partition coefficient (Wildman–Crippen LogP) is 3.72. The first-order valence-corrected chi connectivity index (χ1v) is 11.3. The number of carbonyl (C=O) groups excluding carboxylic acids is 1. The van der Waals surface area contributed by atoms with Gasteiger partial charge in [0, 0.05) is 18.5 Å². The highest BCUT2D eigenvalue weighted by atomic mass is 32.2. The third-order valence-corrected chi connectivity index (χ3v) is 6.20. The van der Waals surface area contributed by atoms with E-state index in [0.29, 0.717) is 18.2 Å². The van der Waals surface area contributed by atoms with E-state index in [1.54, 1.807) is 0 Å². The minimum atomic E-state index is 0.0283. The van der Waals surface area contributed by atoms with Gasteiger partial charge < -0.3 is 19.4 Å². The molecule has 2 aromatic rings. The molecule has 2 aliphatic rings. The van der Waals surface area contributed by atoms with Crippen molar-refractivity contribution in [1.29, 1.82) is 0 Å². The van der Waals surface area contributed by atoms with Crippen LogP contribution >= 0.6 is 11.8 Å². The van der Waals surface area contributed by atoms with E-state index in [9.17, 15) is 4.79 Å². The fraction of sp³-hybridized carbons (Fsp3) is 0.571. The van der Waals surface area contributed by atoms with E-state index in [0.717, 1.165) is 40.9 Å². The van der Waals surface area contributed by atoms with Crippen LogP contribution < -0.4 is 14.8 Å². The zero-order chi connectivity index (χ0) is 20.2. The van der Waals surface area contributed by atoms with Gasteiger partial charge in [0.1, 0.15) is 5.82 Å². The summed E-state index contributed by atoms with van der Waals surface area (Å²) in [5, 5.41) is 12.7. The van der Waals surface area contributed by atoms with Gasteiger partial charge in [-0.15, -0.1) is 10.2 Å². The Morgan fingerprint density at radius 2 is 2.00 bits per heavy atom. The molecule has 2 heterocycles. The van der Waals surface area contributed by atoms with E-state index in [2.05, 4.69) is 26.1 Å². The fourth-order valence-electron chi connectivity index (χ4n) is 3.96. The Labute approximate surface area is 175 Å². The van der Waals surface area contributed by atoms with Crippen molar-refractivity contribution in [2.24, 2.45) is 0 Å². The molecule has 0 radical (unpaired) electrons. The van der Waals surface area contributed by atoms with E-state index in [1.807, 2.05) is 26.0 Å². The Morgan fingerprint density at radius 3 is 2.79 bits per heavy atom. The minimum Gasteiger partial charge on any atom is -0.454 e. The molecule has 0 saturated heterocycles. The molecule has 0 bridgehead atoms. The fourth-order valence-corrected chi connectivity index (χ4v) is 4.80. The topological polar surface area (TPSA) is 78.3 Å². The predicted molar refractivity (Wildman–Crippen MR) is 112 cm³/mol. The number of carbonyl (C=O) groups is 1. The molecular formula is C21H28N4O3S. The van der Waals surface area contributed by atoms with Crippen molar-refractivity contribution in [3.63, 3.8) is 0 Å². The number of thioether (sulfide) groups is 1. The first kappa shape index (κ1) is 20.1. The number of nitrogens with one attached hydrogen (secondary N) is 1. The molecule has 7 nitrogen and oxygen atoms in total. The van der Waals surface area contributed by atoms with Crippen LogP contribution in [0.1, 0.15) is 63.4 Å². The second kappa shape index (κ2) is 9.07. The number of hydrogen-bond donors (Lipinski definition) is 1. The summed E-state index contributed by atoms with van der Waals surface area (Å²) in [7, 11) is 0. The third kappa shape index (κ3) is 4.86. The Bertz CT molecular complexity index is 862. The largest absolute Gasteiger partial charge is 0.454 e. The van der Waals surface area contributed by atoms with Crippen molar-refractivity contribution >= 4 is 17.7 Å². The van der Waals surface area contributed by atoms with E-state index in [1.165, 1.54) is 31.0 Å². The zero-order valence-corrected chi connectivity index (χ0v) is 17.8. The molecule has 29 heavy (non-hydrogen) atoms. The second-order valence-electron chi connectivity index (χ2n) is 7.94. The summed E-state index contributed by atoms with van der Waals surface area (Å²) >= 11 is 1.47. The maximum absolute atomic E-state index is 12.1. The first-order valence-electron chi connectivity index (χ1n) is 10.3. The SMILES string of the molecule is CC(C)NC(=O)CSc1nnc(Cc2ccc3c(c2)OCO3)n1C1CCCCC1. The van der Waals surface area contributed by atoms with Crippen LogP contribution in [0.3, 0.4) is 0 Å². The number of rotatable bonds is 7. The second-order valence-corrected chi connectivity index (χ2v) is 8.88. The Balaban J connectivity index is 1.54. The highest BCUT2D eigenvalue weighted by Crippen LogP contribution is 2.35. The van der Waals surface area contributed by atoms with Gasteiger partial charge >= 0.3 is 0 Å². The molecule has 156 valence electrons. The van der Waals surface area contributed by atoms with Gasteiger partial charge in [-0.1, -0.05) is 37.1 Å². The molecule has 0 unspecified atom stereocenters. The number of benzene rings is 1. The van der Waals surface area contributed by atoms with Crippen molar-refractivity contribution in [2.45, 2.75) is 69.6 Å². The molecule has 4 rings (SSSR count). The summed E-state index contributed by atoms with van der Waals surface area (Å²) in [5.41, 5.74) is 1.12. The Kier molecular flexibility index (Phi) is 6.28. The number of nitrogens with zero attached hydrogens (tertiary/aromatic N) is 3. The lowest BCUT2D eigenvalue weighted by molar-refractivity contribution is -0.119. The van der Waals surface area contributed by atoms with Crippen molar-refractivity contribution < 1.29 is 14.3 Å². The summed E-state index contributed by atoms with van der Waals surface area (Å²) in [6, 6.07) is 6.56. The van der Waals surface area contributed by atoms with Crippen LogP contribution in [0.2, 0.25) is 0 Å². The van der Waals surface area contributed by atoms with Crippen molar-refractivity contribution in [2.75, 3.05) is 12.5 Å². The molecule has 1 fully saturated rings. The highest BCUT2D eigenvalue weighted by Gasteiger charge is 2.24. The lowest BCUT2D eigenvalue weighted by Gasteiger charge is -2.25. The maximum Gasteiger partial charge on any atom is 0.231 e. The van der Waals surface area contributed by atoms with E-state index < -0.39 is 0 Å². The van der Waals surface area contributed by atoms with Crippen LogP contribution in [0.4, 0.5) is 0 Å². The molecule has 1 saturated carbocycles. The molecule has 1 aliphatic carbocycles. The molecule has 0 atom stereocenters. The van der Waals surface area contributed by atoms with Crippen LogP contribution in [-0.2, 0) is 11.2 Å². The lowest BCUT2D eigenvalue weighted by Crippen LogP contribution is -2.31. The molecule has 1 amide bonds. The summed E-state index contributed by atoms with van der Waals surface area (Å²) < 4.78 is 13.2. The van der Waals surface area contributed by atoms with Gasteiger partial charge in [0.2, 0.25) is 12.7 Å². The number of aromatic nitrogens is 3. The van der Waals surface area contributed by atoms with E-state index in [4.69, 9.17) is 9.47 Å². The Hall–Kier alpha value is -2.22. The molecule has 8 heteroatoms. The zero-order valence-electron chi connectivity index (χ0n) is 17.0. The van der Waals surface area contributed by atoms with Crippen LogP contribution in [0.5, 0.6) is 11.5 Å². The molecule has 1 N–H and O–H groups in total. The molecular weight excluding hydrogens is 388 g/mol. The van der Waals surface area contributed by atoms with Crippen molar-refractivity contribution in [3.8, 4) is 11.5 Å². The van der Waals surface area contributed by atoms with Gasteiger partial charge in [-0.3, -0.25) is 4.79 Å². The van der Waals surface area contributed by atoms with Gasteiger partial charge in [0.25, 0.3) is 0 Å².